The molecule has 1 aromatic heterocycles. The first kappa shape index (κ1) is 16.7. The van der Waals surface area contributed by atoms with Crippen molar-refractivity contribution in [2.45, 2.75) is 26.8 Å². The van der Waals surface area contributed by atoms with E-state index >= 15 is 0 Å². The van der Waals surface area contributed by atoms with E-state index in [1.807, 2.05) is 6.20 Å². The zero-order valence-electron chi connectivity index (χ0n) is 13.6. The average molecular weight is 355 g/mol. The molecule has 2 rings (SSSR count). The largest absolute Gasteiger partial charge is 0.368 e. The molecule has 5 heteroatoms. The van der Waals surface area contributed by atoms with Gasteiger partial charge in [0.2, 0.25) is 0 Å². The number of nitrogens with one attached hydrogen (secondary N) is 1. The smallest absolute Gasteiger partial charge is 0.126 e. The fraction of sp³-hybridized carbons (Fsp3) is 0.688. The Labute approximate surface area is 137 Å². The molecule has 4 nitrogen and oxygen atoms in total. The molecule has 0 amide bonds. The number of hydrogen-bond acceptors (Lipinski definition) is 4. The second-order valence-corrected chi connectivity index (χ2v) is 7.20. The molecule has 0 spiro atoms. The average Bonchev–Trinajstić information content (AvgIpc) is 2.44. The number of halogens is 1. The molecule has 1 N–H and O–H groups in total. The lowest BCUT2D eigenvalue weighted by Gasteiger charge is -2.40. The summed E-state index contributed by atoms with van der Waals surface area (Å²) in [5.74, 6) is 1.60. The van der Waals surface area contributed by atoms with E-state index in [0.29, 0.717) is 12.0 Å². The Morgan fingerprint density at radius 1 is 1.29 bits per heavy atom. The van der Waals surface area contributed by atoms with Gasteiger partial charge in [-0.3, -0.25) is 4.90 Å². The number of anilines is 1. The van der Waals surface area contributed by atoms with Gasteiger partial charge >= 0.3 is 0 Å². The fourth-order valence-electron chi connectivity index (χ4n) is 2.79. The lowest BCUT2D eigenvalue weighted by Crippen LogP contribution is -2.52. The summed E-state index contributed by atoms with van der Waals surface area (Å²) in [5.41, 5.74) is 1.22. The zero-order valence-corrected chi connectivity index (χ0v) is 15.2. The van der Waals surface area contributed by atoms with Crippen LogP contribution < -0.4 is 5.32 Å². The van der Waals surface area contributed by atoms with Crippen LogP contribution in [-0.2, 0) is 0 Å². The van der Waals surface area contributed by atoms with E-state index in [1.54, 1.807) is 0 Å². The second-order valence-electron chi connectivity index (χ2n) is 6.35. The minimum atomic E-state index is 0.560. The van der Waals surface area contributed by atoms with Crippen molar-refractivity contribution in [1.82, 2.24) is 14.8 Å². The molecule has 0 saturated carbocycles. The van der Waals surface area contributed by atoms with E-state index in [1.165, 1.54) is 18.7 Å². The maximum Gasteiger partial charge on any atom is 0.126 e. The lowest BCUT2D eigenvalue weighted by molar-refractivity contribution is 0.0944. The normalized spacial score (nSPS) is 19.0. The van der Waals surface area contributed by atoms with E-state index in [4.69, 9.17) is 0 Å². The molecule has 0 aliphatic carbocycles. The summed E-state index contributed by atoms with van der Waals surface area (Å²) in [6.45, 7) is 12.3. The van der Waals surface area contributed by atoms with Crippen molar-refractivity contribution in [3.63, 3.8) is 0 Å². The predicted octanol–water partition coefficient (Wildman–Crippen LogP) is 2.84. The highest BCUT2D eigenvalue weighted by Crippen LogP contribution is 2.19. The number of hydrogen-bond donors (Lipinski definition) is 1. The number of pyridine rings is 1. The molecule has 1 unspecified atom stereocenters. The van der Waals surface area contributed by atoms with Crippen LogP contribution >= 0.6 is 15.9 Å². The van der Waals surface area contributed by atoms with Gasteiger partial charge in [0.05, 0.1) is 0 Å². The standard InChI is InChI=1S/C16H27BrN4/c1-12(2)15(21-7-5-20(4)6-8-21)11-19-16-9-13(3)14(17)10-18-16/h9-10,12,15H,5-8,11H2,1-4H3,(H,18,19). The molecule has 1 aliphatic heterocycles. The van der Waals surface area contributed by atoms with Gasteiger partial charge < -0.3 is 10.2 Å². The first-order valence-electron chi connectivity index (χ1n) is 7.76. The maximum atomic E-state index is 4.44. The van der Waals surface area contributed by atoms with Crippen molar-refractivity contribution in [2.75, 3.05) is 45.1 Å². The molecular formula is C16H27BrN4. The van der Waals surface area contributed by atoms with E-state index < -0.39 is 0 Å². The Morgan fingerprint density at radius 2 is 1.95 bits per heavy atom. The molecule has 1 aromatic rings. The summed E-state index contributed by atoms with van der Waals surface area (Å²) in [5, 5.41) is 3.52. The first-order chi connectivity index (χ1) is 9.97. The minimum absolute atomic E-state index is 0.560. The van der Waals surface area contributed by atoms with Gasteiger partial charge in [0.1, 0.15) is 5.82 Å². The molecule has 1 aliphatic rings. The van der Waals surface area contributed by atoms with Crippen LogP contribution in [0, 0.1) is 12.8 Å². The molecule has 2 heterocycles. The van der Waals surface area contributed by atoms with Crippen LogP contribution in [-0.4, -0.2) is 60.6 Å². The molecule has 0 radical (unpaired) electrons. The third-order valence-electron chi connectivity index (χ3n) is 4.32. The number of piperazine rings is 1. The van der Waals surface area contributed by atoms with E-state index in [-0.39, 0.29) is 0 Å². The van der Waals surface area contributed by atoms with Crippen LogP contribution in [0.5, 0.6) is 0 Å². The van der Waals surface area contributed by atoms with Crippen LogP contribution in [0.1, 0.15) is 19.4 Å². The number of nitrogens with zero attached hydrogens (tertiary/aromatic N) is 3. The third-order valence-corrected chi connectivity index (χ3v) is 5.15. The van der Waals surface area contributed by atoms with Crippen LogP contribution in [0.4, 0.5) is 5.82 Å². The molecule has 1 fully saturated rings. The Hall–Kier alpha value is -0.650. The number of aryl methyl sites for hydroxylation is 1. The lowest BCUT2D eigenvalue weighted by atomic mass is 10.0. The van der Waals surface area contributed by atoms with Gasteiger partial charge in [-0.2, -0.15) is 0 Å². The molecular weight excluding hydrogens is 328 g/mol. The molecule has 0 aromatic carbocycles. The van der Waals surface area contributed by atoms with Crippen molar-refractivity contribution in [3.05, 3.63) is 22.3 Å². The van der Waals surface area contributed by atoms with E-state index in [0.717, 1.165) is 29.9 Å². The SMILES string of the molecule is Cc1cc(NCC(C(C)C)N2CCN(C)CC2)ncc1Br. The zero-order chi connectivity index (χ0) is 15.4. The minimum Gasteiger partial charge on any atom is -0.368 e. The van der Waals surface area contributed by atoms with E-state index in [2.05, 4.69) is 69.9 Å². The first-order valence-corrected chi connectivity index (χ1v) is 8.55. The Balaban J connectivity index is 1.95. The Morgan fingerprint density at radius 3 is 2.52 bits per heavy atom. The van der Waals surface area contributed by atoms with Gasteiger partial charge in [0.25, 0.3) is 0 Å². The predicted molar refractivity (Wildman–Crippen MR) is 92.9 cm³/mol. The fourth-order valence-corrected chi connectivity index (χ4v) is 3.00. The summed E-state index contributed by atoms with van der Waals surface area (Å²) >= 11 is 3.50. The van der Waals surface area contributed by atoms with Gasteiger partial charge in [-0.05, 0) is 47.4 Å². The molecule has 0 bridgehead atoms. The number of aromatic nitrogens is 1. The van der Waals surface area contributed by atoms with Gasteiger partial charge in [0, 0.05) is 49.4 Å². The highest BCUT2D eigenvalue weighted by molar-refractivity contribution is 9.10. The molecule has 1 atom stereocenters. The third kappa shape index (κ3) is 4.66. The summed E-state index contributed by atoms with van der Waals surface area (Å²) < 4.78 is 1.06. The summed E-state index contributed by atoms with van der Waals surface area (Å²) in [4.78, 5) is 9.46. The van der Waals surface area contributed by atoms with Gasteiger partial charge in [-0.1, -0.05) is 13.8 Å². The highest BCUT2D eigenvalue weighted by atomic mass is 79.9. The quantitative estimate of drug-likeness (QED) is 0.880. The highest BCUT2D eigenvalue weighted by Gasteiger charge is 2.24. The molecule has 118 valence electrons. The van der Waals surface area contributed by atoms with Crippen LogP contribution in [0.15, 0.2) is 16.7 Å². The van der Waals surface area contributed by atoms with Gasteiger partial charge in [-0.15, -0.1) is 0 Å². The summed E-state index contributed by atoms with van der Waals surface area (Å²) in [7, 11) is 2.20. The van der Waals surface area contributed by atoms with Crippen LogP contribution in [0.2, 0.25) is 0 Å². The topological polar surface area (TPSA) is 31.4 Å². The second kappa shape index (κ2) is 7.56. The van der Waals surface area contributed by atoms with Crippen LogP contribution in [0.3, 0.4) is 0 Å². The van der Waals surface area contributed by atoms with Gasteiger partial charge in [-0.25, -0.2) is 4.98 Å². The van der Waals surface area contributed by atoms with Gasteiger partial charge in [0.15, 0.2) is 0 Å². The number of rotatable bonds is 5. The molecule has 1 saturated heterocycles. The van der Waals surface area contributed by atoms with Crippen molar-refractivity contribution in [1.29, 1.82) is 0 Å². The maximum absolute atomic E-state index is 4.44. The van der Waals surface area contributed by atoms with Crippen molar-refractivity contribution < 1.29 is 0 Å². The van der Waals surface area contributed by atoms with Crippen molar-refractivity contribution in [2.24, 2.45) is 5.92 Å². The van der Waals surface area contributed by atoms with Crippen molar-refractivity contribution in [3.8, 4) is 0 Å². The number of likely N-dealkylation sites (N-methyl/N-ethyl adjacent to an activating group) is 1. The van der Waals surface area contributed by atoms with Crippen molar-refractivity contribution >= 4 is 21.7 Å². The Kier molecular flexibility index (Phi) is 6.02. The summed E-state index contributed by atoms with van der Waals surface area (Å²) in [6.07, 6.45) is 1.87. The summed E-state index contributed by atoms with van der Waals surface area (Å²) in [6, 6.07) is 2.66. The Bertz CT molecular complexity index is 456. The van der Waals surface area contributed by atoms with Crippen LogP contribution in [0.25, 0.3) is 0 Å². The monoisotopic (exact) mass is 354 g/mol. The van der Waals surface area contributed by atoms with E-state index in [9.17, 15) is 0 Å². The molecule has 21 heavy (non-hydrogen) atoms.